The minimum atomic E-state index is -0.268. The van der Waals surface area contributed by atoms with Crippen molar-refractivity contribution in [3.05, 3.63) is 35.4 Å². The van der Waals surface area contributed by atoms with Gasteiger partial charge in [0, 0.05) is 26.2 Å². The molecule has 2 N–H and O–H groups in total. The molecule has 0 unspecified atom stereocenters. The molecule has 3 nitrogen and oxygen atoms in total. The molecule has 1 atom stereocenters. The van der Waals surface area contributed by atoms with Crippen molar-refractivity contribution < 1.29 is 5.11 Å². The van der Waals surface area contributed by atoms with Crippen molar-refractivity contribution >= 4 is 0 Å². The van der Waals surface area contributed by atoms with Crippen LogP contribution in [0.1, 0.15) is 11.1 Å². The third kappa shape index (κ3) is 2.82. The number of likely N-dealkylation sites (N-methyl/N-ethyl adjacent to an activating group) is 1. The van der Waals surface area contributed by atoms with Crippen molar-refractivity contribution in [2.45, 2.75) is 19.1 Å². The van der Waals surface area contributed by atoms with Gasteiger partial charge in [0.05, 0.1) is 6.10 Å². The third-order valence-electron chi connectivity index (χ3n) is 3.12. The second-order valence-corrected chi connectivity index (χ2v) is 4.47. The molecule has 0 aromatic heterocycles. The molecule has 1 aromatic rings. The van der Waals surface area contributed by atoms with Crippen LogP contribution in [-0.4, -0.2) is 42.8 Å². The lowest BCUT2D eigenvalue weighted by molar-refractivity contribution is 0.106. The fraction of sp³-hybridized carbons (Fsp3) is 0.538. The predicted octanol–water partition coefficient (Wildman–Crippen LogP) is 0.625. The van der Waals surface area contributed by atoms with Gasteiger partial charge < -0.3 is 10.4 Å². The average Bonchev–Trinajstić information content (AvgIpc) is 2.29. The molecule has 1 aromatic carbocycles. The molecular weight excluding hydrogens is 200 g/mol. The predicted molar refractivity (Wildman–Crippen MR) is 65.4 cm³/mol. The molecule has 16 heavy (non-hydrogen) atoms. The van der Waals surface area contributed by atoms with E-state index in [1.807, 2.05) is 7.05 Å². The molecule has 3 heteroatoms. The summed E-state index contributed by atoms with van der Waals surface area (Å²) in [4.78, 5) is 2.32. The summed E-state index contributed by atoms with van der Waals surface area (Å²) in [5.41, 5.74) is 2.87. The van der Waals surface area contributed by atoms with Crippen molar-refractivity contribution in [2.24, 2.45) is 0 Å². The topological polar surface area (TPSA) is 35.5 Å². The zero-order valence-electron chi connectivity index (χ0n) is 9.82. The molecule has 0 spiro atoms. The number of β-amino-alcohol motifs (C(OH)–C–C–N with tert-alkyl or cyclic N) is 1. The summed E-state index contributed by atoms with van der Waals surface area (Å²) in [6.45, 7) is 3.45. The summed E-state index contributed by atoms with van der Waals surface area (Å²) < 4.78 is 0. The van der Waals surface area contributed by atoms with E-state index in [-0.39, 0.29) is 6.10 Å². The summed E-state index contributed by atoms with van der Waals surface area (Å²) in [5, 5.41) is 12.7. The van der Waals surface area contributed by atoms with Crippen LogP contribution < -0.4 is 5.32 Å². The van der Waals surface area contributed by atoms with Crippen LogP contribution in [-0.2, 0) is 13.0 Å². The summed E-state index contributed by atoms with van der Waals surface area (Å²) in [6.07, 6.45) is 0.831. The number of fused-ring (bicyclic) bond motifs is 1. The van der Waals surface area contributed by atoms with Gasteiger partial charge in [-0.25, -0.2) is 0 Å². The van der Waals surface area contributed by atoms with Crippen LogP contribution in [0, 0.1) is 0 Å². The highest BCUT2D eigenvalue weighted by Crippen LogP contribution is 2.18. The molecular formula is C13H20N2O. The molecule has 1 aliphatic heterocycles. The Kier molecular flexibility index (Phi) is 3.93. The van der Waals surface area contributed by atoms with Crippen LogP contribution in [0.4, 0.5) is 0 Å². The monoisotopic (exact) mass is 220 g/mol. The smallest absolute Gasteiger partial charge is 0.0791 e. The Morgan fingerprint density at radius 3 is 2.88 bits per heavy atom. The van der Waals surface area contributed by atoms with Crippen molar-refractivity contribution in [2.75, 3.05) is 26.7 Å². The van der Waals surface area contributed by atoms with Crippen molar-refractivity contribution in [1.82, 2.24) is 10.2 Å². The zero-order valence-corrected chi connectivity index (χ0v) is 9.82. The Bertz CT molecular complexity index is 340. The van der Waals surface area contributed by atoms with Crippen LogP contribution in [0.15, 0.2) is 24.3 Å². The molecule has 0 aliphatic carbocycles. The fourth-order valence-corrected chi connectivity index (χ4v) is 2.31. The van der Waals surface area contributed by atoms with E-state index in [0.717, 1.165) is 26.1 Å². The Balaban J connectivity index is 1.92. The van der Waals surface area contributed by atoms with Crippen LogP contribution in [0.2, 0.25) is 0 Å². The van der Waals surface area contributed by atoms with Gasteiger partial charge in [-0.15, -0.1) is 0 Å². The highest BCUT2D eigenvalue weighted by atomic mass is 16.3. The Labute approximate surface area is 97.1 Å². The number of hydrogen-bond acceptors (Lipinski definition) is 3. The first-order chi connectivity index (χ1) is 7.79. The Morgan fingerprint density at radius 2 is 2.12 bits per heavy atom. The van der Waals surface area contributed by atoms with E-state index < -0.39 is 0 Å². The van der Waals surface area contributed by atoms with E-state index in [4.69, 9.17) is 0 Å². The summed E-state index contributed by atoms with van der Waals surface area (Å²) in [7, 11) is 1.87. The van der Waals surface area contributed by atoms with Gasteiger partial charge in [-0.3, -0.25) is 4.90 Å². The number of aliphatic hydroxyl groups excluding tert-OH is 1. The molecule has 2 rings (SSSR count). The summed E-state index contributed by atoms with van der Waals surface area (Å²) >= 11 is 0. The number of aliphatic hydroxyl groups is 1. The van der Waals surface area contributed by atoms with E-state index in [0.29, 0.717) is 6.54 Å². The van der Waals surface area contributed by atoms with Crippen molar-refractivity contribution in [3.63, 3.8) is 0 Å². The van der Waals surface area contributed by atoms with E-state index in [1.54, 1.807) is 0 Å². The average molecular weight is 220 g/mol. The molecule has 0 saturated heterocycles. The van der Waals surface area contributed by atoms with Gasteiger partial charge in [0.1, 0.15) is 0 Å². The highest BCUT2D eigenvalue weighted by molar-refractivity contribution is 5.29. The second kappa shape index (κ2) is 5.43. The number of rotatable bonds is 4. The van der Waals surface area contributed by atoms with Gasteiger partial charge in [0.2, 0.25) is 0 Å². The Morgan fingerprint density at radius 1 is 1.38 bits per heavy atom. The van der Waals surface area contributed by atoms with Gasteiger partial charge in [-0.2, -0.15) is 0 Å². The van der Waals surface area contributed by atoms with Gasteiger partial charge in [0.25, 0.3) is 0 Å². The van der Waals surface area contributed by atoms with Gasteiger partial charge in [-0.05, 0) is 24.6 Å². The van der Waals surface area contributed by atoms with E-state index >= 15 is 0 Å². The van der Waals surface area contributed by atoms with Crippen molar-refractivity contribution in [1.29, 1.82) is 0 Å². The maximum atomic E-state index is 9.75. The molecule has 0 fully saturated rings. The maximum Gasteiger partial charge on any atom is 0.0791 e. The van der Waals surface area contributed by atoms with E-state index in [1.165, 1.54) is 11.1 Å². The number of benzene rings is 1. The highest BCUT2D eigenvalue weighted by Gasteiger charge is 2.17. The molecule has 88 valence electrons. The molecule has 0 saturated carbocycles. The van der Waals surface area contributed by atoms with Crippen molar-refractivity contribution in [3.8, 4) is 0 Å². The van der Waals surface area contributed by atoms with E-state index in [9.17, 15) is 5.11 Å². The number of nitrogens with one attached hydrogen (secondary N) is 1. The van der Waals surface area contributed by atoms with Crippen LogP contribution in [0.3, 0.4) is 0 Å². The first-order valence-electron chi connectivity index (χ1n) is 5.91. The minimum absolute atomic E-state index is 0.268. The fourth-order valence-electron chi connectivity index (χ4n) is 2.31. The van der Waals surface area contributed by atoms with Crippen LogP contribution >= 0.6 is 0 Å². The van der Waals surface area contributed by atoms with E-state index in [2.05, 4.69) is 34.5 Å². The number of hydrogen-bond donors (Lipinski definition) is 2. The van der Waals surface area contributed by atoms with Crippen LogP contribution in [0.5, 0.6) is 0 Å². The lowest BCUT2D eigenvalue weighted by Gasteiger charge is -2.30. The maximum absolute atomic E-state index is 9.75. The third-order valence-corrected chi connectivity index (χ3v) is 3.12. The number of nitrogens with zero attached hydrogens (tertiary/aromatic N) is 1. The van der Waals surface area contributed by atoms with Crippen LogP contribution in [0.25, 0.3) is 0 Å². The normalized spacial score (nSPS) is 18.1. The lowest BCUT2D eigenvalue weighted by atomic mass is 10.00. The molecule has 0 radical (unpaired) electrons. The van der Waals surface area contributed by atoms with Gasteiger partial charge >= 0.3 is 0 Å². The first kappa shape index (κ1) is 11.6. The van der Waals surface area contributed by atoms with Gasteiger partial charge in [0.15, 0.2) is 0 Å². The minimum Gasteiger partial charge on any atom is -0.390 e. The summed E-state index contributed by atoms with van der Waals surface area (Å²) in [6, 6.07) is 8.58. The zero-order chi connectivity index (χ0) is 11.4. The lowest BCUT2D eigenvalue weighted by Crippen LogP contribution is -2.40. The first-order valence-corrected chi connectivity index (χ1v) is 5.91. The second-order valence-electron chi connectivity index (χ2n) is 4.47. The SMILES string of the molecule is CNC[C@H](O)CN1CCc2ccccc2C1. The molecule has 0 amide bonds. The molecule has 1 heterocycles. The largest absolute Gasteiger partial charge is 0.390 e. The molecule has 0 bridgehead atoms. The molecule has 1 aliphatic rings. The summed E-state index contributed by atoms with van der Waals surface area (Å²) in [5.74, 6) is 0. The van der Waals surface area contributed by atoms with Gasteiger partial charge in [-0.1, -0.05) is 24.3 Å². The Hall–Kier alpha value is -0.900. The standard InChI is InChI=1S/C13H20N2O/c1-14-8-13(16)10-15-7-6-11-4-2-3-5-12(11)9-15/h2-5,13-14,16H,6-10H2,1H3/t13-/m0/s1. The quantitative estimate of drug-likeness (QED) is 0.781.